The van der Waals surface area contributed by atoms with Crippen molar-refractivity contribution in [2.45, 2.75) is 25.8 Å². The number of para-hydroxylation sites is 1. The summed E-state index contributed by atoms with van der Waals surface area (Å²) < 4.78 is 0. The molecular weight excluding hydrogens is 220 g/mol. The van der Waals surface area contributed by atoms with Crippen molar-refractivity contribution in [1.82, 2.24) is 0 Å². The van der Waals surface area contributed by atoms with E-state index in [-0.39, 0.29) is 23.6 Å². The second-order valence-electron chi connectivity index (χ2n) is 4.56. The number of carbonyl (C=O) groups is 2. The van der Waals surface area contributed by atoms with E-state index in [1.165, 1.54) is 6.07 Å². The first-order chi connectivity index (χ1) is 7.79. The van der Waals surface area contributed by atoms with Gasteiger partial charge in [-0.15, -0.1) is 0 Å². The first-order valence-electron chi connectivity index (χ1n) is 5.20. The topological polar surface area (TPSA) is 92.4 Å². The molecule has 0 aromatic heterocycles. The Kier molecular flexibility index (Phi) is 3.85. The highest BCUT2D eigenvalue weighted by Gasteiger charge is 2.18. The van der Waals surface area contributed by atoms with Gasteiger partial charge in [-0.25, -0.2) is 4.79 Å². The number of nitrogens with two attached hydrogens (primary N) is 1. The molecular formula is C12H16N2O3. The van der Waals surface area contributed by atoms with Gasteiger partial charge in [0.25, 0.3) is 0 Å². The lowest BCUT2D eigenvalue weighted by molar-refractivity contribution is -0.117. The molecule has 0 aliphatic rings. The molecule has 0 fully saturated rings. The van der Waals surface area contributed by atoms with Crippen LogP contribution < -0.4 is 11.1 Å². The summed E-state index contributed by atoms with van der Waals surface area (Å²) in [5, 5.41) is 11.5. The van der Waals surface area contributed by atoms with Crippen LogP contribution in [0.5, 0.6) is 0 Å². The molecule has 0 saturated carbocycles. The van der Waals surface area contributed by atoms with Crippen LogP contribution in [0.25, 0.3) is 0 Å². The van der Waals surface area contributed by atoms with Crippen molar-refractivity contribution in [1.29, 1.82) is 0 Å². The van der Waals surface area contributed by atoms with Crippen molar-refractivity contribution >= 4 is 17.6 Å². The number of carbonyl (C=O) groups excluding carboxylic acids is 1. The van der Waals surface area contributed by atoms with Gasteiger partial charge in [-0.1, -0.05) is 12.1 Å². The lowest BCUT2D eigenvalue weighted by Crippen LogP contribution is -2.36. The molecule has 0 saturated heterocycles. The number of amides is 1. The van der Waals surface area contributed by atoms with E-state index in [1.54, 1.807) is 32.0 Å². The van der Waals surface area contributed by atoms with Crippen molar-refractivity contribution in [2.75, 3.05) is 5.32 Å². The SMILES string of the molecule is CC(C)(N)CC(=O)Nc1ccccc1C(=O)O. The van der Waals surface area contributed by atoms with E-state index < -0.39 is 11.5 Å². The van der Waals surface area contributed by atoms with E-state index in [9.17, 15) is 9.59 Å². The van der Waals surface area contributed by atoms with Crippen LogP contribution in [0, 0.1) is 0 Å². The van der Waals surface area contributed by atoms with Gasteiger partial charge in [0.1, 0.15) is 0 Å². The Balaban J connectivity index is 2.82. The van der Waals surface area contributed by atoms with Gasteiger partial charge in [-0.05, 0) is 26.0 Å². The van der Waals surface area contributed by atoms with Gasteiger partial charge in [0.05, 0.1) is 11.3 Å². The highest BCUT2D eigenvalue weighted by atomic mass is 16.4. The van der Waals surface area contributed by atoms with E-state index in [0.29, 0.717) is 0 Å². The number of hydrogen-bond donors (Lipinski definition) is 3. The first-order valence-corrected chi connectivity index (χ1v) is 5.20. The minimum atomic E-state index is -1.08. The summed E-state index contributed by atoms with van der Waals surface area (Å²) in [6, 6.07) is 6.25. The maximum absolute atomic E-state index is 11.6. The molecule has 0 heterocycles. The van der Waals surface area contributed by atoms with E-state index in [1.807, 2.05) is 0 Å². The minimum Gasteiger partial charge on any atom is -0.478 e. The number of hydrogen-bond acceptors (Lipinski definition) is 3. The molecule has 0 unspecified atom stereocenters. The number of carboxylic acids is 1. The zero-order valence-corrected chi connectivity index (χ0v) is 9.86. The molecule has 4 N–H and O–H groups in total. The molecule has 17 heavy (non-hydrogen) atoms. The molecule has 1 rings (SSSR count). The second kappa shape index (κ2) is 4.97. The Morgan fingerprint density at radius 3 is 2.47 bits per heavy atom. The van der Waals surface area contributed by atoms with Crippen molar-refractivity contribution in [3.63, 3.8) is 0 Å². The molecule has 0 bridgehead atoms. The summed E-state index contributed by atoms with van der Waals surface area (Å²) in [5.41, 5.74) is 5.44. The largest absolute Gasteiger partial charge is 0.478 e. The van der Waals surface area contributed by atoms with Crippen LogP contribution in [0.3, 0.4) is 0 Å². The van der Waals surface area contributed by atoms with Gasteiger partial charge in [0, 0.05) is 12.0 Å². The third kappa shape index (κ3) is 4.24. The maximum Gasteiger partial charge on any atom is 0.337 e. The van der Waals surface area contributed by atoms with E-state index in [2.05, 4.69) is 5.32 Å². The summed E-state index contributed by atoms with van der Waals surface area (Å²) in [4.78, 5) is 22.5. The summed E-state index contributed by atoms with van der Waals surface area (Å²) >= 11 is 0. The molecule has 0 aliphatic heterocycles. The third-order valence-corrected chi connectivity index (χ3v) is 2.05. The van der Waals surface area contributed by atoms with Crippen molar-refractivity contribution < 1.29 is 14.7 Å². The summed E-state index contributed by atoms with van der Waals surface area (Å²) in [6.45, 7) is 3.46. The molecule has 0 radical (unpaired) electrons. The van der Waals surface area contributed by atoms with Gasteiger partial charge < -0.3 is 16.2 Å². The highest BCUT2D eigenvalue weighted by molar-refractivity contribution is 6.00. The van der Waals surface area contributed by atoms with Crippen molar-refractivity contribution in [3.8, 4) is 0 Å². The average Bonchev–Trinajstić information content (AvgIpc) is 2.14. The maximum atomic E-state index is 11.6. The van der Waals surface area contributed by atoms with E-state index in [0.717, 1.165) is 0 Å². The van der Waals surface area contributed by atoms with Crippen LogP contribution in [-0.4, -0.2) is 22.5 Å². The monoisotopic (exact) mass is 236 g/mol. The Morgan fingerprint density at radius 2 is 1.94 bits per heavy atom. The number of benzene rings is 1. The van der Waals surface area contributed by atoms with Crippen molar-refractivity contribution in [3.05, 3.63) is 29.8 Å². The van der Waals surface area contributed by atoms with Gasteiger partial charge >= 0.3 is 5.97 Å². The number of nitrogens with one attached hydrogen (secondary N) is 1. The van der Waals surface area contributed by atoms with Crippen LogP contribution in [0.15, 0.2) is 24.3 Å². The van der Waals surface area contributed by atoms with Crippen LogP contribution in [0.1, 0.15) is 30.6 Å². The van der Waals surface area contributed by atoms with Crippen LogP contribution in [-0.2, 0) is 4.79 Å². The van der Waals surface area contributed by atoms with E-state index >= 15 is 0 Å². The predicted molar refractivity (Wildman–Crippen MR) is 64.9 cm³/mol. The molecule has 5 nitrogen and oxygen atoms in total. The van der Waals surface area contributed by atoms with Crippen molar-refractivity contribution in [2.24, 2.45) is 5.73 Å². The fourth-order valence-electron chi connectivity index (χ4n) is 1.39. The predicted octanol–water partition coefficient (Wildman–Crippen LogP) is 1.45. The number of rotatable bonds is 4. The summed E-state index contributed by atoms with van der Waals surface area (Å²) in [5.74, 6) is -1.38. The average molecular weight is 236 g/mol. The number of aromatic carboxylic acids is 1. The smallest absolute Gasteiger partial charge is 0.337 e. The van der Waals surface area contributed by atoms with Gasteiger partial charge in [0.2, 0.25) is 5.91 Å². The molecule has 0 atom stereocenters. The third-order valence-electron chi connectivity index (χ3n) is 2.05. The molecule has 92 valence electrons. The quantitative estimate of drug-likeness (QED) is 0.737. The van der Waals surface area contributed by atoms with Crippen LogP contribution >= 0.6 is 0 Å². The van der Waals surface area contributed by atoms with E-state index in [4.69, 9.17) is 10.8 Å². The Labute approximate surface area is 99.6 Å². The normalized spacial score (nSPS) is 11.0. The first kappa shape index (κ1) is 13.2. The van der Waals surface area contributed by atoms with Gasteiger partial charge in [-0.2, -0.15) is 0 Å². The minimum absolute atomic E-state index is 0.0654. The summed E-state index contributed by atoms with van der Waals surface area (Å²) in [6.07, 6.45) is 0.126. The zero-order chi connectivity index (χ0) is 13.1. The molecule has 1 amide bonds. The number of carboxylic acid groups (broad SMARTS) is 1. The second-order valence-corrected chi connectivity index (χ2v) is 4.56. The molecule has 1 aromatic rings. The highest BCUT2D eigenvalue weighted by Crippen LogP contribution is 2.16. The Morgan fingerprint density at radius 1 is 1.35 bits per heavy atom. The van der Waals surface area contributed by atoms with Gasteiger partial charge in [-0.3, -0.25) is 4.79 Å². The Hall–Kier alpha value is -1.88. The lowest BCUT2D eigenvalue weighted by Gasteiger charge is -2.18. The van der Waals surface area contributed by atoms with Crippen LogP contribution in [0.2, 0.25) is 0 Å². The standard InChI is InChI=1S/C12H16N2O3/c1-12(2,13)7-10(15)14-9-6-4-3-5-8(9)11(16)17/h3-6H,7,13H2,1-2H3,(H,14,15)(H,16,17). The molecule has 5 heteroatoms. The Bertz CT molecular complexity index is 436. The molecule has 1 aromatic carbocycles. The number of anilines is 1. The lowest BCUT2D eigenvalue weighted by atomic mass is 10.0. The van der Waals surface area contributed by atoms with Gasteiger partial charge in [0.15, 0.2) is 0 Å². The molecule has 0 spiro atoms. The zero-order valence-electron chi connectivity index (χ0n) is 9.86. The fraction of sp³-hybridized carbons (Fsp3) is 0.333. The summed E-state index contributed by atoms with van der Waals surface area (Å²) in [7, 11) is 0. The van der Waals surface area contributed by atoms with Crippen LogP contribution in [0.4, 0.5) is 5.69 Å². The fourth-order valence-corrected chi connectivity index (χ4v) is 1.39. The molecule has 0 aliphatic carbocycles.